The zero-order chi connectivity index (χ0) is 58.5. The van der Waals surface area contributed by atoms with Gasteiger partial charge < -0.3 is 24.1 Å². The van der Waals surface area contributed by atoms with E-state index in [0.29, 0.717) is 35.7 Å². The molecular weight excluding hydrogens is 1020 g/mol. The number of aryl methyl sites for hydroxylation is 1. The molecule has 5 heteroatoms. The maximum Gasteiger partial charge on any atom is 0.144 e. The second-order valence-corrected chi connectivity index (χ2v) is 15.5. The molecule has 83 heavy (non-hydrogen) atoms. The van der Waals surface area contributed by atoms with Crippen molar-refractivity contribution >= 4 is 10.8 Å². The van der Waals surface area contributed by atoms with E-state index in [4.69, 9.17) is 31.8 Å². The van der Waals surface area contributed by atoms with Gasteiger partial charge >= 0.3 is 0 Å². The molecule has 0 radical (unpaired) electrons. The molecule has 0 fully saturated rings. The van der Waals surface area contributed by atoms with Crippen molar-refractivity contribution < 1.29 is 24.1 Å². The van der Waals surface area contributed by atoms with Crippen molar-refractivity contribution in [2.24, 2.45) is 0 Å². The molecule has 0 saturated heterocycles. The van der Waals surface area contributed by atoms with E-state index in [-0.39, 0.29) is 6.61 Å². The van der Waals surface area contributed by atoms with Crippen LogP contribution in [0.2, 0.25) is 0 Å². The highest BCUT2D eigenvalue weighted by atomic mass is 16.5. The first-order chi connectivity index (χ1) is 40.9. The summed E-state index contributed by atoms with van der Waals surface area (Å²) in [7, 11) is 1.63. The number of ether oxygens (including phenoxy) is 4. The fourth-order valence-electron chi connectivity index (χ4n) is 6.50. The first-order valence-corrected chi connectivity index (χ1v) is 23.8. The van der Waals surface area contributed by atoms with Gasteiger partial charge in [0.1, 0.15) is 41.8 Å². The predicted octanol–water partition coefficient (Wildman–Crippen LogP) is 7.42. The Morgan fingerprint density at radius 1 is 0.361 bits per heavy atom. The average Bonchev–Trinajstić information content (AvgIpc) is 3.69. The van der Waals surface area contributed by atoms with E-state index in [1.54, 1.807) is 25.3 Å². The lowest BCUT2D eigenvalue weighted by molar-refractivity contribution is 0.0372. The highest BCUT2D eigenvalue weighted by molar-refractivity contribution is 5.85. The van der Waals surface area contributed by atoms with Crippen LogP contribution in [-0.4, -0.2) is 12.2 Å². The van der Waals surface area contributed by atoms with Crippen LogP contribution in [0.4, 0.5) is 0 Å². The molecule has 0 aromatic heterocycles. The summed E-state index contributed by atoms with van der Waals surface area (Å²) in [6.45, 7) is 2.16. The molecular formula is C78H32O5. The highest BCUT2D eigenvalue weighted by Gasteiger charge is 2.31. The molecule has 5 rings (SSSR count). The van der Waals surface area contributed by atoms with Crippen LogP contribution in [0.15, 0.2) is 103 Å². The van der Waals surface area contributed by atoms with E-state index in [1.807, 2.05) is 85.8 Å². The highest BCUT2D eigenvalue weighted by Crippen LogP contribution is 2.34. The molecule has 0 spiro atoms. The van der Waals surface area contributed by atoms with Gasteiger partial charge in [0.05, 0.1) is 12.7 Å². The number of terminal acetylenes is 2. The topological polar surface area (TPSA) is 57.2 Å². The molecule has 374 valence electrons. The second-order valence-electron chi connectivity index (χ2n) is 15.5. The summed E-state index contributed by atoms with van der Waals surface area (Å²) in [4.78, 5) is 0. The normalized spacial score (nSPS) is 8.16. The van der Waals surface area contributed by atoms with Crippen LogP contribution in [0, 0.1) is 269 Å². The Morgan fingerprint density at radius 3 is 1.16 bits per heavy atom. The molecule has 0 aliphatic rings. The van der Waals surface area contributed by atoms with Gasteiger partial charge in [-0.15, -0.1) is 12.8 Å². The van der Waals surface area contributed by atoms with E-state index in [0.717, 1.165) is 38.8 Å². The Hall–Kier alpha value is -14.2. The van der Waals surface area contributed by atoms with Crippen molar-refractivity contribution in [1.82, 2.24) is 0 Å². The van der Waals surface area contributed by atoms with Crippen molar-refractivity contribution in [3.8, 4) is 285 Å². The molecule has 0 bridgehead atoms. The van der Waals surface area contributed by atoms with Crippen molar-refractivity contribution in [3.63, 3.8) is 0 Å². The molecule has 0 aliphatic carbocycles. The molecule has 0 heterocycles. The van der Waals surface area contributed by atoms with Crippen molar-refractivity contribution in [2.75, 3.05) is 7.11 Å². The molecule has 1 N–H and O–H groups in total. The largest absolute Gasteiger partial charge is 0.497 e. The number of methoxy groups -OCH3 is 1. The number of benzene rings is 5. The first kappa shape index (κ1) is 59.7. The van der Waals surface area contributed by atoms with Gasteiger partial charge in [0, 0.05) is 161 Å². The fraction of sp³-hybridized carbons (Fsp3) is 0.0769. The Morgan fingerprint density at radius 2 is 0.735 bits per heavy atom. The molecule has 0 aliphatic heterocycles. The van der Waals surface area contributed by atoms with Crippen molar-refractivity contribution in [2.45, 2.75) is 32.0 Å². The lowest BCUT2D eigenvalue weighted by atomic mass is 9.81. The monoisotopic (exact) mass is 1050 g/mol. The van der Waals surface area contributed by atoms with Crippen LogP contribution in [0.5, 0.6) is 23.0 Å². The van der Waals surface area contributed by atoms with Crippen LogP contribution in [0.25, 0.3) is 10.8 Å². The maximum atomic E-state index is 12.5. The standard InChI is InChI=1S/C78H32O5/c1-5-7-9-11-13-15-17-19-21-23-25-27-29-31-33-35-37-39-41-43-55-81-76-59-70(60-77(63-76)82-56-44-42-40-38-36-34-32-30-28-26-24-22-20-18-16-14-12-10-8-6-2)66-83-75-54-52-71-61-73(53-51-72(71)62-75)78(79,64-68-48-45-47-67(3)57-68)65-69-49-46-50-74(58-69)80-4/h1-2,45-54,57-63,79H,64-66H2,3-4H3. The third-order valence-corrected chi connectivity index (χ3v) is 9.74. The molecule has 5 nitrogen and oxygen atoms in total. The Labute approximate surface area is 487 Å². The summed E-state index contributed by atoms with van der Waals surface area (Å²) < 4.78 is 23.2. The van der Waals surface area contributed by atoms with Gasteiger partial charge in [-0.05, 0) is 177 Å². The maximum absolute atomic E-state index is 12.5. The number of hydrogen-bond acceptors (Lipinski definition) is 5. The number of hydrogen-bond donors (Lipinski definition) is 1. The predicted molar refractivity (Wildman–Crippen MR) is 325 cm³/mol. The van der Waals surface area contributed by atoms with Gasteiger partial charge in [-0.1, -0.05) is 60.2 Å². The third-order valence-electron chi connectivity index (χ3n) is 9.74. The van der Waals surface area contributed by atoms with E-state index in [1.165, 1.54) is 0 Å². The number of rotatable bonds is 11. The Balaban J connectivity index is 1.28. The minimum Gasteiger partial charge on any atom is -0.497 e. The second kappa shape index (κ2) is 36.7. The zero-order valence-electron chi connectivity index (χ0n) is 44.2. The van der Waals surface area contributed by atoms with Gasteiger partial charge in [0.25, 0.3) is 0 Å². The Bertz CT molecular complexity index is 4650. The quantitative estimate of drug-likeness (QED) is 0.140. The number of fused-ring (bicyclic) bond motifs is 1. The van der Waals surface area contributed by atoms with Gasteiger partial charge in [0.15, 0.2) is 0 Å². The first-order valence-electron chi connectivity index (χ1n) is 23.8. The van der Waals surface area contributed by atoms with Crippen LogP contribution < -0.4 is 18.9 Å². The lowest BCUT2D eigenvalue weighted by Gasteiger charge is -2.30. The molecule has 5 aromatic rings. The van der Waals surface area contributed by atoms with E-state index < -0.39 is 5.60 Å². The molecule has 1 atom stereocenters. The summed E-state index contributed by atoms with van der Waals surface area (Å²) in [5.41, 5.74) is 3.32. The minimum atomic E-state index is -1.23. The summed E-state index contributed by atoms with van der Waals surface area (Å²) in [6, 6.07) is 32.8. The van der Waals surface area contributed by atoms with Crippen LogP contribution in [-0.2, 0) is 25.0 Å². The van der Waals surface area contributed by atoms with Gasteiger partial charge in [-0.3, -0.25) is 0 Å². The van der Waals surface area contributed by atoms with E-state index in [2.05, 4.69) is 255 Å². The summed E-state index contributed by atoms with van der Waals surface area (Å²) >= 11 is 0. The molecule has 5 aromatic carbocycles. The summed E-state index contributed by atoms with van der Waals surface area (Å²) in [5, 5.41) is 14.4. The third kappa shape index (κ3) is 24.8. The minimum absolute atomic E-state index is 0.117. The van der Waals surface area contributed by atoms with Crippen LogP contribution in [0.1, 0.15) is 27.8 Å². The Kier molecular flexibility index (Phi) is 26.4. The lowest BCUT2D eigenvalue weighted by Crippen LogP contribution is -2.31. The smallest absolute Gasteiger partial charge is 0.144 e. The SMILES string of the molecule is C#CC#CC#CC#CC#CC#CC#CC#CC#CC#CC#COc1cc(COc2ccc3cc(C(O)(Cc4cccc(C)c4)Cc4cccc(OC)c4)ccc3c2)cc(OC#CC#CC#CC#CC#CC#CC#CC#CC#CC#CC#C)c1. The van der Waals surface area contributed by atoms with Crippen LogP contribution in [0.3, 0.4) is 0 Å². The average molecular weight is 1050 g/mol. The van der Waals surface area contributed by atoms with Gasteiger partial charge in [-0.25, -0.2) is 0 Å². The van der Waals surface area contributed by atoms with Crippen LogP contribution >= 0.6 is 0 Å². The molecule has 1 unspecified atom stereocenters. The van der Waals surface area contributed by atoms with E-state index in [9.17, 15) is 5.11 Å². The van der Waals surface area contributed by atoms with Crippen molar-refractivity contribution in [1.29, 1.82) is 0 Å². The van der Waals surface area contributed by atoms with Crippen molar-refractivity contribution in [3.05, 3.63) is 131 Å². The van der Waals surface area contributed by atoms with E-state index >= 15 is 0 Å². The molecule has 0 amide bonds. The summed E-state index contributed by atoms with van der Waals surface area (Å²) in [6.07, 6.45) is 15.9. The summed E-state index contributed by atoms with van der Waals surface area (Å²) in [5.74, 6) is 102. The zero-order valence-corrected chi connectivity index (χ0v) is 44.2. The molecule has 0 saturated carbocycles. The van der Waals surface area contributed by atoms with Gasteiger partial charge in [0.2, 0.25) is 0 Å². The fourth-order valence-corrected chi connectivity index (χ4v) is 6.50. The number of aliphatic hydroxyl groups is 1. The van der Waals surface area contributed by atoms with Gasteiger partial charge in [-0.2, -0.15) is 0 Å².